The molecule has 5 nitrogen and oxygen atoms in total. The number of nitrogens with zero attached hydrogens (tertiary/aromatic N) is 1. The van der Waals surface area contributed by atoms with Crippen LogP contribution in [0.4, 0.5) is 11.5 Å². The molecule has 0 aliphatic carbocycles. The van der Waals surface area contributed by atoms with Crippen LogP contribution in [0.15, 0.2) is 51.9 Å². The summed E-state index contributed by atoms with van der Waals surface area (Å²) in [5.74, 6) is 0.303. The van der Waals surface area contributed by atoms with Crippen LogP contribution in [0.5, 0.6) is 0 Å². The summed E-state index contributed by atoms with van der Waals surface area (Å²) in [4.78, 5) is 31.5. The smallest absolute Gasteiger partial charge is 0.256 e. The topological polar surface area (TPSA) is 74.8 Å². The average molecular weight is 477 g/mol. The Balaban J connectivity index is 1.97. The molecule has 4 aromatic rings. The second-order valence-corrected chi connectivity index (χ2v) is 7.94. The second kappa shape index (κ2) is 7.20. The van der Waals surface area contributed by atoms with Crippen molar-refractivity contribution in [1.29, 1.82) is 0 Å². The number of carbonyl (C=O) groups is 1. The first-order valence-electron chi connectivity index (χ1n) is 8.23. The number of fused-ring (bicyclic) bond motifs is 3. The number of aromatic amines is 1. The van der Waals surface area contributed by atoms with Gasteiger partial charge in [-0.25, -0.2) is 4.98 Å². The maximum absolute atomic E-state index is 12.5. The molecule has 0 aliphatic rings. The molecule has 0 spiro atoms. The molecule has 0 radical (unpaired) electrons. The number of hydrogen-bond donors (Lipinski definition) is 2. The highest BCUT2D eigenvalue weighted by Crippen LogP contribution is 2.37. The predicted molar refractivity (Wildman–Crippen MR) is 117 cm³/mol. The number of carbonyl (C=O) groups excluding carboxylic acids is 1. The lowest BCUT2D eigenvalue weighted by molar-refractivity contribution is 0.101. The van der Waals surface area contributed by atoms with Crippen LogP contribution >= 0.6 is 39.1 Å². The molecule has 0 fully saturated rings. The first kappa shape index (κ1) is 18.9. The van der Waals surface area contributed by atoms with E-state index in [0.717, 1.165) is 9.86 Å². The van der Waals surface area contributed by atoms with Crippen LogP contribution in [0.3, 0.4) is 0 Å². The van der Waals surface area contributed by atoms with E-state index in [4.69, 9.17) is 23.2 Å². The van der Waals surface area contributed by atoms with E-state index in [1.54, 1.807) is 24.4 Å². The van der Waals surface area contributed by atoms with E-state index in [9.17, 15) is 9.59 Å². The molecule has 0 saturated carbocycles. The van der Waals surface area contributed by atoms with E-state index in [1.165, 1.54) is 6.92 Å². The van der Waals surface area contributed by atoms with Crippen LogP contribution in [0.25, 0.3) is 21.7 Å². The number of anilines is 2. The second-order valence-electron chi connectivity index (χ2n) is 6.21. The Bertz CT molecular complexity index is 1310. The lowest BCUT2D eigenvalue weighted by atomic mass is 10.1. The van der Waals surface area contributed by atoms with Crippen molar-refractivity contribution in [3.63, 3.8) is 0 Å². The Morgan fingerprint density at radius 1 is 1.11 bits per heavy atom. The Morgan fingerprint density at radius 3 is 2.50 bits per heavy atom. The first-order valence-corrected chi connectivity index (χ1v) is 9.77. The summed E-state index contributed by atoms with van der Waals surface area (Å²) in [5.41, 5.74) is 1.25. The van der Waals surface area contributed by atoms with Crippen LogP contribution in [-0.4, -0.2) is 15.8 Å². The van der Waals surface area contributed by atoms with Crippen molar-refractivity contribution >= 4 is 78.1 Å². The molecule has 0 aliphatic heterocycles. The molecule has 0 unspecified atom stereocenters. The highest BCUT2D eigenvalue weighted by molar-refractivity contribution is 9.10. The fraction of sp³-hybridized carbons (Fsp3) is 0.0500. The van der Waals surface area contributed by atoms with Crippen molar-refractivity contribution in [2.24, 2.45) is 0 Å². The van der Waals surface area contributed by atoms with E-state index in [0.29, 0.717) is 33.4 Å². The quantitative estimate of drug-likeness (QED) is 0.277. The minimum atomic E-state index is -0.227. The highest BCUT2D eigenvalue weighted by atomic mass is 79.9. The highest BCUT2D eigenvalue weighted by Gasteiger charge is 2.16. The van der Waals surface area contributed by atoms with Gasteiger partial charge in [-0.05, 0) is 43.3 Å². The van der Waals surface area contributed by atoms with Gasteiger partial charge in [-0.1, -0.05) is 39.1 Å². The number of aromatic nitrogens is 2. The zero-order valence-electron chi connectivity index (χ0n) is 14.4. The van der Waals surface area contributed by atoms with Gasteiger partial charge >= 0.3 is 0 Å². The number of pyridine rings is 2. The summed E-state index contributed by atoms with van der Waals surface area (Å²) in [7, 11) is 0. The van der Waals surface area contributed by atoms with Gasteiger partial charge in [-0.15, -0.1) is 0 Å². The van der Waals surface area contributed by atoms with Gasteiger partial charge in [-0.3, -0.25) is 9.59 Å². The van der Waals surface area contributed by atoms with Gasteiger partial charge in [0, 0.05) is 27.0 Å². The van der Waals surface area contributed by atoms with Crippen LogP contribution < -0.4 is 10.9 Å². The summed E-state index contributed by atoms with van der Waals surface area (Å²) < 4.78 is 0.845. The Hall–Kier alpha value is -2.41. The van der Waals surface area contributed by atoms with Crippen molar-refractivity contribution in [1.82, 2.24) is 9.97 Å². The number of ketones is 1. The molecule has 2 aromatic carbocycles. The molecule has 4 rings (SSSR count). The van der Waals surface area contributed by atoms with Gasteiger partial charge in [0.05, 0.1) is 26.6 Å². The third-order valence-corrected chi connectivity index (χ3v) is 5.46. The van der Waals surface area contributed by atoms with E-state index < -0.39 is 0 Å². The largest absolute Gasteiger partial charge is 0.337 e. The van der Waals surface area contributed by atoms with Crippen molar-refractivity contribution in [2.45, 2.75) is 6.92 Å². The molecule has 0 atom stereocenters. The maximum atomic E-state index is 12.5. The van der Waals surface area contributed by atoms with Crippen molar-refractivity contribution < 1.29 is 4.79 Å². The van der Waals surface area contributed by atoms with E-state index in [1.807, 2.05) is 18.2 Å². The first-order chi connectivity index (χ1) is 13.3. The van der Waals surface area contributed by atoms with Crippen LogP contribution in [0, 0.1) is 0 Å². The fourth-order valence-corrected chi connectivity index (χ4v) is 3.98. The third-order valence-electron chi connectivity index (χ3n) is 4.37. The third kappa shape index (κ3) is 3.28. The molecule has 8 heteroatoms. The average Bonchev–Trinajstić information content (AvgIpc) is 2.64. The number of nitrogens with one attached hydrogen (secondary N) is 2. The molecule has 0 saturated heterocycles. The number of rotatable bonds is 3. The van der Waals surface area contributed by atoms with Crippen molar-refractivity contribution in [3.8, 4) is 0 Å². The molecule has 2 aromatic heterocycles. The number of halogens is 3. The standard InChI is InChI=1S/C20H12BrCl2N3O2/c1-9(27)10-6-14(22)18(15(23)7-10)26-19-12-4-5-24-20(28)17(12)13-8-11(21)2-3-16(13)25-19/h2-8H,1H3,(H,24,28)(H,25,26). The molecule has 0 bridgehead atoms. The SMILES string of the molecule is CC(=O)c1cc(Cl)c(Nc2nc3ccc(Br)cc3c3c(=O)[nH]ccc23)c(Cl)c1. The minimum absolute atomic E-state index is 0.137. The maximum Gasteiger partial charge on any atom is 0.256 e. The molecule has 140 valence electrons. The van der Waals surface area contributed by atoms with Gasteiger partial charge in [0.2, 0.25) is 0 Å². The van der Waals surface area contributed by atoms with Crippen molar-refractivity contribution in [3.05, 3.63) is 73.0 Å². The van der Waals surface area contributed by atoms with Gasteiger partial charge in [0.25, 0.3) is 5.56 Å². The zero-order valence-corrected chi connectivity index (χ0v) is 17.5. The summed E-state index contributed by atoms with van der Waals surface area (Å²) in [5, 5.41) is 5.55. The Labute approximate surface area is 177 Å². The minimum Gasteiger partial charge on any atom is -0.337 e. The summed E-state index contributed by atoms with van der Waals surface area (Å²) in [6, 6.07) is 10.4. The number of H-pyrrole nitrogens is 1. The molecule has 2 N–H and O–H groups in total. The predicted octanol–water partition coefficient (Wildman–Crippen LogP) is 6.09. The van der Waals surface area contributed by atoms with E-state index in [-0.39, 0.29) is 21.4 Å². The summed E-state index contributed by atoms with van der Waals surface area (Å²) in [6.45, 7) is 1.44. The van der Waals surface area contributed by atoms with Crippen LogP contribution in [0.2, 0.25) is 10.0 Å². The number of Topliss-reactive ketones (excluding diaryl/α,β-unsaturated/α-hetero) is 1. The zero-order chi connectivity index (χ0) is 20.0. The summed E-state index contributed by atoms with van der Waals surface area (Å²) >= 11 is 16.1. The van der Waals surface area contributed by atoms with Crippen molar-refractivity contribution in [2.75, 3.05) is 5.32 Å². The molecular formula is C20H12BrCl2N3O2. The van der Waals surface area contributed by atoms with Crippen LogP contribution in [-0.2, 0) is 0 Å². The van der Waals surface area contributed by atoms with Crippen LogP contribution in [0.1, 0.15) is 17.3 Å². The number of hydrogen-bond acceptors (Lipinski definition) is 4. The van der Waals surface area contributed by atoms with E-state index in [2.05, 4.69) is 31.2 Å². The van der Waals surface area contributed by atoms with E-state index >= 15 is 0 Å². The Morgan fingerprint density at radius 2 is 1.82 bits per heavy atom. The van der Waals surface area contributed by atoms with Gasteiger partial charge in [0.1, 0.15) is 5.82 Å². The lowest BCUT2D eigenvalue weighted by Crippen LogP contribution is -2.08. The number of benzene rings is 2. The molecule has 28 heavy (non-hydrogen) atoms. The lowest BCUT2D eigenvalue weighted by Gasteiger charge is -2.14. The normalized spacial score (nSPS) is 11.1. The van der Waals surface area contributed by atoms with Gasteiger partial charge in [0.15, 0.2) is 5.78 Å². The molecule has 2 heterocycles. The molecule has 0 amide bonds. The fourth-order valence-electron chi connectivity index (χ4n) is 3.04. The molecular weight excluding hydrogens is 465 g/mol. The van der Waals surface area contributed by atoms with Gasteiger partial charge in [-0.2, -0.15) is 0 Å². The van der Waals surface area contributed by atoms with Gasteiger partial charge < -0.3 is 10.3 Å². The Kier molecular flexibility index (Phi) is 4.87. The summed E-state index contributed by atoms with van der Waals surface area (Å²) in [6.07, 6.45) is 1.56. The monoisotopic (exact) mass is 475 g/mol.